The molecule has 2 fully saturated rings. The van der Waals surface area contributed by atoms with E-state index in [0.717, 1.165) is 55.4 Å². The van der Waals surface area contributed by atoms with Gasteiger partial charge in [-0.25, -0.2) is 0 Å². The van der Waals surface area contributed by atoms with Crippen LogP contribution >= 0.6 is 34.5 Å². The summed E-state index contributed by atoms with van der Waals surface area (Å²) in [5.74, 6) is -1.22. The zero-order valence-corrected chi connectivity index (χ0v) is 24.4. The van der Waals surface area contributed by atoms with Gasteiger partial charge in [0, 0.05) is 64.1 Å². The minimum Gasteiger partial charge on any atom is -0.369 e. The number of rotatable bonds is 6. The third kappa shape index (κ3) is 6.47. The molecule has 12 heteroatoms. The summed E-state index contributed by atoms with van der Waals surface area (Å²) < 4.78 is 43.2. The second-order valence-corrected chi connectivity index (χ2v) is 11.9. The van der Waals surface area contributed by atoms with Crippen LogP contribution in [0.3, 0.4) is 0 Å². The molecule has 2 amide bonds. The fraction of sp³-hybridized carbons (Fsp3) is 0.481. The maximum atomic E-state index is 13.9. The molecule has 0 unspecified atom stereocenters. The van der Waals surface area contributed by atoms with Crippen molar-refractivity contribution in [2.45, 2.75) is 24.6 Å². The van der Waals surface area contributed by atoms with Gasteiger partial charge < -0.3 is 14.9 Å². The number of amides is 2. The van der Waals surface area contributed by atoms with Crippen LogP contribution in [0.1, 0.15) is 28.8 Å². The number of carbonyl (C=O) groups excluding carboxylic acids is 2. The highest BCUT2D eigenvalue weighted by atomic mass is 127. The highest BCUT2D eigenvalue weighted by Gasteiger charge is 2.62. The number of hydrogen-bond donors (Lipinski definition) is 1. The van der Waals surface area contributed by atoms with Gasteiger partial charge in [0.25, 0.3) is 17.4 Å². The number of aliphatic hydroxyl groups is 1. The normalized spacial score (nSPS) is 19.1. The molecule has 2 heterocycles. The summed E-state index contributed by atoms with van der Waals surface area (Å²) in [7, 11) is 1.67. The topological polar surface area (TPSA) is 67.3 Å². The van der Waals surface area contributed by atoms with Gasteiger partial charge in [0.05, 0.1) is 33.5 Å². The van der Waals surface area contributed by atoms with Crippen LogP contribution in [0.5, 0.6) is 0 Å². The number of nitrogens with zero attached hydrogens (tertiary/aromatic N) is 4. The molecule has 0 aliphatic carbocycles. The summed E-state index contributed by atoms with van der Waals surface area (Å²) in [6, 6.07) is 12.0. The fourth-order valence-electron chi connectivity index (χ4n) is 5.23. The predicted molar refractivity (Wildman–Crippen MR) is 152 cm³/mol. The summed E-state index contributed by atoms with van der Waals surface area (Å²) in [5, 5.41) is 11.0. The van der Waals surface area contributed by atoms with Crippen molar-refractivity contribution in [2.75, 3.05) is 57.8 Å². The largest absolute Gasteiger partial charge is 0.430 e. The lowest BCUT2D eigenvalue weighted by Gasteiger charge is -2.41. The van der Waals surface area contributed by atoms with E-state index >= 15 is 0 Å². The molecule has 39 heavy (non-hydrogen) atoms. The Kier molecular flexibility index (Phi) is 9.34. The first-order chi connectivity index (χ1) is 18.4. The highest BCUT2D eigenvalue weighted by Crippen LogP contribution is 2.41. The number of hydrogen-bond acceptors (Lipinski definition) is 5. The fourth-order valence-corrected chi connectivity index (χ4v) is 5.74. The molecule has 2 aliphatic heterocycles. The first kappa shape index (κ1) is 29.9. The zero-order valence-electron chi connectivity index (χ0n) is 21.5. The molecular formula is C27H31ClF3IN4O3. The van der Waals surface area contributed by atoms with E-state index in [4.69, 9.17) is 11.6 Å². The lowest BCUT2D eigenvalue weighted by atomic mass is 9.89. The van der Waals surface area contributed by atoms with Crippen molar-refractivity contribution < 1.29 is 27.9 Å². The number of benzene rings is 2. The maximum absolute atomic E-state index is 13.9. The summed E-state index contributed by atoms with van der Waals surface area (Å²) in [4.78, 5) is 30.9. The van der Waals surface area contributed by atoms with Crippen molar-refractivity contribution in [1.29, 1.82) is 0 Å². The molecule has 0 radical (unpaired) electrons. The van der Waals surface area contributed by atoms with E-state index in [1.54, 1.807) is 13.1 Å². The van der Waals surface area contributed by atoms with Crippen LogP contribution in [0.25, 0.3) is 0 Å². The van der Waals surface area contributed by atoms with Gasteiger partial charge in [0.15, 0.2) is 0 Å². The third-order valence-corrected chi connectivity index (χ3v) is 8.28. The van der Waals surface area contributed by atoms with Gasteiger partial charge in [-0.05, 0) is 37.0 Å². The average molecular weight is 679 g/mol. The molecule has 212 valence electrons. The lowest BCUT2D eigenvalue weighted by Crippen LogP contribution is -2.57. The second-order valence-electron chi connectivity index (χ2n) is 10.0. The van der Waals surface area contributed by atoms with Crippen LogP contribution in [-0.4, -0.2) is 88.9 Å². The summed E-state index contributed by atoms with van der Waals surface area (Å²) >= 11 is 8.28. The van der Waals surface area contributed by atoms with Crippen molar-refractivity contribution in [2.24, 2.45) is 5.92 Å². The predicted octanol–water partition coefficient (Wildman–Crippen LogP) is 4.57. The molecule has 7 nitrogen and oxygen atoms in total. The Balaban J connectivity index is 1.29. The van der Waals surface area contributed by atoms with Crippen molar-refractivity contribution in [3.05, 3.63) is 64.7 Å². The van der Waals surface area contributed by atoms with Crippen LogP contribution in [0.4, 0.5) is 18.9 Å². The van der Waals surface area contributed by atoms with E-state index in [1.165, 1.54) is 21.3 Å². The van der Waals surface area contributed by atoms with Crippen molar-refractivity contribution in [1.82, 2.24) is 12.9 Å². The Morgan fingerprint density at radius 3 is 2.18 bits per heavy atom. The van der Waals surface area contributed by atoms with Crippen LogP contribution in [-0.2, 0) is 10.4 Å². The van der Waals surface area contributed by atoms with E-state index in [9.17, 15) is 27.9 Å². The Morgan fingerprint density at radius 1 is 1.03 bits per heavy atom. The average Bonchev–Trinajstić information content (AvgIpc) is 2.92. The summed E-state index contributed by atoms with van der Waals surface area (Å²) in [6.07, 6.45) is -3.98. The molecule has 2 aromatic rings. The van der Waals surface area contributed by atoms with Crippen molar-refractivity contribution in [3.8, 4) is 0 Å². The minimum absolute atomic E-state index is 0.159. The number of anilines is 1. The van der Waals surface area contributed by atoms with Gasteiger partial charge in [-0.15, -0.1) is 0 Å². The molecule has 2 aromatic carbocycles. The zero-order chi connectivity index (χ0) is 28.4. The van der Waals surface area contributed by atoms with Gasteiger partial charge in [0.2, 0.25) is 0 Å². The quantitative estimate of drug-likeness (QED) is 0.359. The van der Waals surface area contributed by atoms with E-state index < -0.39 is 23.2 Å². The monoisotopic (exact) mass is 678 g/mol. The maximum Gasteiger partial charge on any atom is 0.430 e. The van der Waals surface area contributed by atoms with Gasteiger partial charge in [-0.3, -0.25) is 17.6 Å². The first-order valence-corrected chi connectivity index (χ1v) is 14.1. The molecule has 0 aromatic heterocycles. The Labute approximate surface area is 245 Å². The van der Waals surface area contributed by atoms with Crippen molar-refractivity contribution in [3.63, 3.8) is 0 Å². The summed E-state index contributed by atoms with van der Waals surface area (Å²) in [5.41, 5.74) is -2.62. The van der Waals surface area contributed by atoms with E-state index in [0.29, 0.717) is 23.4 Å². The molecule has 0 spiro atoms. The summed E-state index contributed by atoms with van der Waals surface area (Å²) in [6.45, 7) is 4.33. The standard InChI is InChI=1S/C27H31ClF3IN4O3/c1-33(32)24(37)22-8-7-21(17-23(22)28)35-15-13-34(14-16-35)18-19-9-11-36(12-10-19)25(38)26(39,27(29,30)31)20-5-3-2-4-6-20/h2-8,17,19,39H,9-16,18H2,1H3/t26-/m1/s1. The number of alkyl halides is 3. The van der Waals surface area contributed by atoms with Crippen molar-refractivity contribution >= 4 is 52.0 Å². The SMILES string of the molecule is CN(I)C(=O)c1ccc(N2CCN(CC3CCN(C(=O)[C@](O)(c4ccccc4)C(F)(F)F)CC3)CC2)cc1Cl. The Hall–Kier alpha value is -2.09. The first-order valence-electron chi connectivity index (χ1n) is 12.8. The van der Waals surface area contributed by atoms with Crippen LogP contribution in [0.2, 0.25) is 5.02 Å². The second kappa shape index (κ2) is 12.2. The van der Waals surface area contributed by atoms with Gasteiger partial charge in [-0.1, -0.05) is 41.9 Å². The smallest absolute Gasteiger partial charge is 0.369 e. The van der Waals surface area contributed by atoms with Gasteiger partial charge >= 0.3 is 6.18 Å². The molecule has 0 saturated carbocycles. The van der Waals surface area contributed by atoms with E-state index in [2.05, 4.69) is 9.80 Å². The van der Waals surface area contributed by atoms with Gasteiger partial charge in [-0.2, -0.15) is 13.2 Å². The highest BCUT2D eigenvalue weighted by molar-refractivity contribution is 14.1. The van der Waals surface area contributed by atoms with Gasteiger partial charge in [0.1, 0.15) is 0 Å². The Morgan fingerprint density at radius 2 is 1.64 bits per heavy atom. The van der Waals surface area contributed by atoms with Crippen LogP contribution in [0.15, 0.2) is 48.5 Å². The van der Waals surface area contributed by atoms with Crippen LogP contribution in [0, 0.1) is 5.92 Å². The molecule has 1 atom stereocenters. The molecule has 1 N–H and O–H groups in total. The van der Waals surface area contributed by atoms with E-state index in [-0.39, 0.29) is 24.9 Å². The number of carbonyl (C=O) groups is 2. The molecule has 0 bridgehead atoms. The molecule has 4 rings (SSSR count). The molecular weight excluding hydrogens is 648 g/mol. The molecule has 2 aliphatic rings. The molecule has 2 saturated heterocycles. The minimum atomic E-state index is -5.13. The number of halogens is 5. The lowest BCUT2D eigenvalue weighted by molar-refractivity contribution is -0.262. The number of piperazine rings is 1. The Bertz CT molecular complexity index is 1170. The third-order valence-electron chi connectivity index (χ3n) is 7.53. The van der Waals surface area contributed by atoms with Crippen LogP contribution < -0.4 is 4.90 Å². The number of likely N-dealkylation sites (tertiary alicyclic amines) is 1. The van der Waals surface area contributed by atoms with E-state index in [1.807, 2.05) is 35.0 Å². The number of piperidine rings is 1.